The van der Waals surface area contributed by atoms with Crippen molar-refractivity contribution in [2.24, 2.45) is 22.7 Å². The highest BCUT2D eigenvalue weighted by molar-refractivity contribution is 5.13. The van der Waals surface area contributed by atoms with E-state index in [2.05, 4.69) is 40.7 Å². The zero-order valence-electron chi connectivity index (χ0n) is 13.4. The van der Waals surface area contributed by atoms with Gasteiger partial charge in [-0.25, -0.2) is 0 Å². The topological polar surface area (TPSA) is 9.23 Å². The summed E-state index contributed by atoms with van der Waals surface area (Å²) in [6.07, 6.45) is 10.4. The van der Waals surface area contributed by atoms with E-state index in [4.69, 9.17) is 4.74 Å². The Morgan fingerprint density at radius 3 is 2.53 bits per heavy atom. The van der Waals surface area contributed by atoms with Crippen molar-refractivity contribution in [3.05, 3.63) is 11.8 Å². The molecule has 0 aromatic heterocycles. The smallest absolute Gasteiger partial charge is 0.109 e. The number of allylic oxidation sites excluding steroid dienone is 2. The van der Waals surface area contributed by atoms with E-state index in [1.165, 1.54) is 38.5 Å². The summed E-state index contributed by atoms with van der Waals surface area (Å²) in [7, 11) is 0. The Morgan fingerprint density at radius 2 is 1.79 bits per heavy atom. The summed E-state index contributed by atoms with van der Waals surface area (Å²) in [5.41, 5.74) is 1.09. The van der Waals surface area contributed by atoms with E-state index in [0.717, 1.165) is 11.7 Å². The van der Waals surface area contributed by atoms with Crippen molar-refractivity contribution in [1.29, 1.82) is 0 Å². The summed E-state index contributed by atoms with van der Waals surface area (Å²) < 4.78 is 6.32. The first-order valence-electron chi connectivity index (χ1n) is 8.14. The second-order valence-corrected chi connectivity index (χ2v) is 8.46. The lowest BCUT2D eigenvalue weighted by Gasteiger charge is -2.62. The third-order valence-corrected chi connectivity index (χ3v) is 6.77. The minimum atomic E-state index is 0.0947. The highest BCUT2D eigenvalue weighted by atomic mass is 16.5. The molecule has 0 radical (unpaired) electrons. The fraction of sp³-hybridized carbons (Fsp3) is 0.889. The van der Waals surface area contributed by atoms with Gasteiger partial charge >= 0.3 is 0 Å². The molecule has 2 saturated carbocycles. The van der Waals surface area contributed by atoms with Crippen molar-refractivity contribution in [1.82, 2.24) is 0 Å². The Labute approximate surface area is 118 Å². The van der Waals surface area contributed by atoms with E-state index in [9.17, 15) is 0 Å². The highest BCUT2D eigenvalue weighted by Crippen LogP contribution is 2.64. The summed E-state index contributed by atoms with van der Waals surface area (Å²) in [6.45, 7) is 12.1. The molecule has 2 fully saturated rings. The quantitative estimate of drug-likeness (QED) is 0.574. The van der Waals surface area contributed by atoms with E-state index in [0.29, 0.717) is 16.7 Å². The Morgan fingerprint density at radius 1 is 1.05 bits per heavy atom. The second-order valence-electron chi connectivity index (χ2n) is 8.46. The molecule has 0 aromatic carbocycles. The van der Waals surface area contributed by atoms with Crippen LogP contribution in [-0.2, 0) is 4.74 Å². The lowest BCUT2D eigenvalue weighted by Crippen LogP contribution is -2.58. The summed E-state index contributed by atoms with van der Waals surface area (Å²) in [6, 6.07) is 0. The third kappa shape index (κ3) is 1.87. The van der Waals surface area contributed by atoms with Crippen LogP contribution in [0, 0.1) is 22.7 Å². The highest BCUT2D eigenvalue weighted by Gasteiger charge is 2.59. The average Bonchev–Trinajstić information content (AvgIpc) is 2.25. The van der Waals surface area contributed by atoms with Crippen molar-refractivity contribution >= 4 is 0 Å². The minimum absolute atomic E-state index is 0.0947. The monoisotopic (exact) mass is 262 g/mol. The van der Waals surface area contributed by atoms with Crippen LogP contribution in [-0.4, -0.2) is 5.60 Å². The zero-order valence-corrected chi connectivity index (χ0v) is 13.4. The summed E-state index contributed by atoms with van der Waals surface area (Å²) >= 11 is 0. The Bertz CT molecular complexity index is 408. The molecular weight excluding hydrogens is 232 g/mol. The molecule has 1 nitrogen and oxygen atoms in total. The molecule has 0 bridgehead atoms. The Kier molecular flexibility index (Phi) is 2.86. The van der Waals surface area contributed by atoms with Crippen molar-refractivity contribution < 1.29 is 4.74 Å². The van der Waals surface area contributed by atoms with Gasteiger partial charge in [0.05, 0.1) is 5.76 Å². The molecule has 4 atom stereocenters. The van der Waals surface area contributed by atoms with Crippen LogP contribution in [0.3, 0.4) is 0 Å². The number of fused-ring (bicyclic) bond motifs is 3. The second kappa shape index (κ2) is 4.02. The van der Waals surface area contributed by atoms with Crippen molar-refractivity contribution in [2.45, 2.75) is 78.7 Å². The Hall–Kier alpha value is -0.460. The standard InChI is InChI=1S/C18H30O/c1-13-7-8-15-17(4)11-6-10-16(2,3)14(17)9-12-18(15,5)19-13/h7,14-15H,6,8-12H2,1-5H3/t14?,15-,17+,18-/m0/s1. The van der Waals surface area contributed by atoms with E-state index >= 15 is 0 Å². The van der Waals surface area contributed by atoms with Gasteiger partial charge in [-0.3, -0.25) is 0 Å². The predicted octanol–water partition coefficient (Wildman–Crippen LogP) is 5.31. The molecule has 1 heterocycles. The maximum Gasteiger partial charge on any atom is 0.109 e. The average molecular weight is 262 g/mol. The molecule has 0 amide bonds. The van der Waals surface area contributed by atoms with Gasteiger partial charge in [0.25, 0.3) is 0 Å². The normalized spacial score (nSPS) is 48.6. The van der Waals surface area contributed by atoms with Crippen LogP contribution >= 0.6 is 0 Å². The van der Waals surface area contributed by atoms with Crippen LogP contribution in [0.2, 0.25) is 0 Å². The first kappa shape index (κ1) is 13.5. The van der Waals surface area contributed by atoms with Crippen LogP contribution in [0.4, 0.5) is 0 Å². The molecule has 19 heavy (non-hydrogen) atoms. The van der Waals surface area contributed by atoms with Gasteiger partial charge in [-0.05, 0) is 68.8 Å². The largest absolute Gasteiger partial charge is 0.492 e. The van der Waals surface area contributed by atoms with E-state index in [1.54, 1.807) is 0 Å². The number of ether oxygens (including phenoxy) is 1. The van der Waals surface area contributed by atoms with Gasteiger partial charge in [0, 0.05) is 5.92 Å². The molecule has 0 spiro atoms. The molecule has 1 heteroatoms. The summed E-state index contributed by atoms with van der Waals surface area (Å²) in [5.74, 6) is 2.74. The molecule has 3 rings (SSSR count). The first-order valence-corrected chi connectivity index (χ1v) is 8.14. The molecule has 3 aliphatic rings. The van der Waals surface area contributed by atoms with Crippen LogP contribution in [0.25, 0.3) is 0 Å². The van der Waals surface area contributed by atoms with Crippen molar-refractivity contribution in [3.8, 4) is 0 Å². The fourth-order valence-electron chi connectivity index (χ4n) is 5.94. The number of rotatable bonds is 0. The number of hydrogen-bond acceptors (Lipinski definition) is 1. The lowest BCUT2D eigenvalue weighted by molar-refractivity contribution is -0.181. The van der Waals surface area contributed by atoms with Gasteiger partial charge in [-0.2, -0.15) is 0 Å². The van der Waals surface area contributed by atoms with Gasteiger partial charge in [0.15, 0.2) is 0 Å². The third-order valence-electron chi connectivity index (χ3n) is 6.77. The SMILES string of the molecule is CC1=CC[C@@H]2[C@](C)(CCC3C(C)(C)CCC[C@]32C)O1. The molecule has 1 aliphatic heterocycles. The molecule has 2 aliphatic carbocycles. The zero-order chi connectivity index (χ0) is 13.9. The summed E-state index contributed by atoms with van der Waals surface area (Å²) in [5, 5.41) is 0. The van der Waals surface area contributed by atoms with Crippen LogP contribution < -0.4 is 0 Å². The van der Waals surface area contributed by atoms with Gasteiger partial charge in [-0.1, -0.05) is 27.2 Å². The molecular formula is C18H30O. The number of hydrogen-bond donors (Lipinski definition) is 0. The minimum Gasteiger partial charge on any atom is -0.492 e. The van der Waals surface area contributed by atoms with Gasteiger partial charge in [0.2, 0.25) is 0 Å². The Balaban J connectivity index is 1.99. The summed E-state index contributed by atoms with van der Waals surface area (Å²) in [4.78, 5) is 0. The maximum atomic E-state index is 6.32. The first-order chi connectivity index (χ1) is 8.78. The van der Waals surface area contributed by atoms with Crippen molar-refractivity contribution in [2.75, 3.05) is 0 Å². The van der Waals surface area contributed by atoms with E-state index in [1.807, 2.05) is 0 Å². The molecule has 108 valence electrons. The van der Waals surface area contributed by atoms with Gasteiger partial charge < -0.3 is 4.74 Å². The van der Waals surface area contributed by atoms with Crippen LogP contribution in [0.15, 0.2) is 11.8 Å². The maximum absolute atomic E-state index is 6.32. The molecule has 1 unspecified atom stereocenters. The van der Waals surface area contributed by atoms with Gasteiger partial charge in [-0.15, -0.1) is 0 Å². The fourth-order valence-corrected chi connectivity index (χ4v) is 5.94. The molecule has 0 aromatic rings. The lowest BCUT2D eigenvalue weighted by atomic mass is 9.45. The van der Waals surface area contributed by atoms with Crippen LogP contribution in [0.1, 0.15) is 73.1 Å². The van der Waals surface area contributed by atoms with Crippen molar-refractivity contribution in [3.63, 3.8) is 0 Å². The van der Waals surface area contributed by atoms with E-state index in [-0.39, 0.29) is 5.60 Å². The van der Waals surface area contributed by atoms with E-state index < -0.39 is 0 Å². The molecule has 0 N–H and O–H groups in total. The van der Waals surface area contributed by atoms with Gasteiger partial charge in [0.1, 0.15) is 5.60 Å². The molecule has 0 saturated heterocycles. The predicted molar refractivity (Wildman–Crippen MR) is 79.8 cm³/mol. The van der Waals surface area contributed by atoms with Crippen LogP contribution in [0.5, 0.6) is 0 Å².